The number of amides is 3. The lowest BCUT2D eigenvalue weighted by Gasteiger charge is -2.35. The van der Waals surface area contributed by atoms with E-state index in [-0.39, 0.29) is 24.8 Å². The Kier molecular flexibility index (Phi) is 12.6. The number of likely N-dealkylation sites (N-methyl/N-ethyl adjacent to an activating group) is 1. The molecule has 0 radical (unpaired) electrons. The second-order valence-electron chi connectivity index (χ2n) is 13.4. The van der Waals surface area contributed by atoms with E-state index < -0.39 is 35.6 Å². The van der Waals surface area contributed by atoms with Crippen LogP contribution in [0.1, 0.15) is 60.2 Å². The number of aryl methyl sites for hydroxylation is 1. The number of hydrogen-bond acceptors (Lipinski definition) is 5. The van der Waals surface area contributed by atoms with E-state index in [4.69, 9.17) is 11.6 Å². The Bertz CT molecular complexity index is 1710. The largest absolute Gasteiger partial charge is 0.465 e. The highest BCUT2D eigenvalue weighted by Crippen LogP contribution is 2.30. The minimum atomic E-state index is -1.21. The first-order chi connectivity index (χ1) is 23.3. The summed E-state index contributed by atoms with van der Waals surface area (Å²) in [5, 5.41) is 27.9. The van der Waals surface area contributed by atoms with E-state index in [1.807, 2.05) is 72.8 Å². The molecule has 3 aromatic carbocycles. The Morgan fingerprint density at radius 3 is 2.20 bits per heavy atom. The smallest absolute Gasteiger partial charge is 0.407 e. The lowest BCUT2D eigenvalue weighted by Crippen LogP contribution is -2.54. The molecule has 1 heterocycles. The van der Waals surface area contributed by atoms with Crippen molar-refractivity contribution in [3.05, 3.63) is 124 Å². The zero-order chi connectivity index (χ0) is 35.7. The molecule has 1 unspecified atom stereocenters. The van der Waals surface area contributed by atoms with Gasteiger partial charge >= 0.3 is 6.09 Å². The van der Waals surface area contributed by atoms with Gasteiger partial charge in [-0.25, -0.2) is 4.79 Å². The minimum absolute atomic E-state index is 0.0622. The molecule has 10 heteroatoms. The molecular weight excluding hydrogens is 640 g/mol. The topological polar surface area (TPSA) is 132 Å². The summed E-state index contributed by atoms with van der Waals surface area (Å²) in [7, 11) is 1.37. The molecule has 4 atom stereocenters. The highest BCUT2D eigenvalue weighted by Gasteiger charge is 2.37. The van der Waals surface area contributed by atoms with Crippen molar-refractivity contribution in [1.29, 1.82) is 0 Å². The number of nitrogens with one attached hydrogen (secondary N) is 2. The molecule has 4 aromatic rings. The van der Waals surface area contributed by atoms with E-state index >= 15 is 0 Å². The predicted molar refractivity (Wildman–Crippen MR) is 193 cm³/mol. The van der Waals surface area contributed by atoms with E-state index in [1.54, 1.807) is 52.1 Å². The van der Waals surface area contributed by atoms with Crippen LogP contribution in [0.25, 0.3) is 11.3 Å². The van der Waals surface area contributed by atoms with Crippen molar-refractivity contribution >= 4 is 29.5 Å². The van der Waals surface area contributed by atoms with Gasteiger partial charge in [-0.3, -0.25) is 19.5 Å². The molecule has 0 aliphatic carbocycles. The number of hydrogen-bond donors (Lipinski definition) is 4. The fraction of sp³-hybridized carbons (Fsp3) is 0.333. The normalized spacial score (nSPS) is 13.9. The molecule has 4 rings (SSSR count). The number of rotatable bonds is 13. The average Bonchev–Trinajstić information content (AvgIpc) is 3.06. The molecule has 258 valence electrons. The van der Waals surface area contributed by atoms with Crippen molar-refractivity contribution in [3.63, 3.8) is 0 Å². The van der Waals surface area contributed by atoms with Crippen LogP contribution >= 0.6 is 11.6 Å². The molecule has 9 nitrogen and oxygen atoms in total. The van der Waals surface area contributed by atoms with Crippen molar-refractivity contribution < 1.29 is 24.6 Å². The number of carbonyl (C=O) groups excluding carboxylic acids is 2. The van der Waals surface area contributed by atoms with Crippen molar-refractivity contribution in [1.82, 2.24) is 20.5 Å². The number of aliphatic hydroxyl groups is 1. The lowest BCUT2D eigenvalue weighted by atomic mass is 9.82. The van der Waals surface area contributed by atoms with E-state index in [2.05, 4.69) is 15.6 Å². The second-order valence-corrected chi connectivity index (χ2v) is 13.8. The molecule has 0 saturated heterocycles. The van der Waals surface area contributed by atoms with Gasteiger partial charge in [-0.05, 0) is 72.2 Å². The van der Waals surface area contributed by atoms with Gasteiger partial charge in [-0.15, -0.1) is 0 Å². The average molecular weight is 685 g/mol. The summed E-state index contributed by atoms with van der Waals surface area (Å²) in [6, 6.07) is 26.9. The second kappa shape index (κ2) is 16.6. The summed E-state index contributed by atoms with van der Waals surface area (Å²) in [4.78, 5) is 44.2. The minimum Gasteiger partial charge on any atom is -0.465 e. The zero-order valence-electron chi connectivity index (χ0n) is 28.6. The molecular formula is C39H45ClN4O5. The summed E-state index contributed by atoms with van der Waals surface area (Å²) in [6.45, 7) is 7.25. The van der Waals surface area contributed by atoms with Crippen LogP contribution in [-0.4, -0.2) is 69.8 Å². The number of aromatic nitrogens is 1. The van der Waals surface area contributed by atoms with Crippen molar-refractivity contribution in [2.24, 2.45) is 5.41 Å². The highest BCUT2D eigenvalue weighted by atomic mass is 35.5. The fourth-order valence-corrected chi connectivity index (χ4v) is 6.43. The van der Waals surface area contributed by atoms with E-state index in [0.29, 0.717) is 22.6 Å². The third-order valence-corrected chi connectivity index (χ3v) is 8.91. The number of carboxylic acid groups (broad SMARTS) is 1. The molecule has 0 fully saturated rings. The summed E-state index contributed by atoms with van der Waals surface area (Å²) in [5.74, 6) is -1.18. The fourth-order valence-electron chi connectivity index (χ4n) is 6.21. The van der Waals surface area contributed by atoms with Gasteiger partial charge < -0.3 is 20.8 Å². The van der Waals surface area contributed by atoms with Gasteiger partial charge in [-0.2, -0.15) is 0 Å². The van der Waals surface area contributed by atoms with Crippen LogP contribution in [0.2, 0.25) is 5.02 Å². The molecule has 3 amide bonds. The van der Waals surface area contributed by atoms with Crippen LogP contribution in [0.5, 0.6) is 0 Å². The quantitative estimate of drug-likeness (QED) is 0.124. The van der Waals surface area contributed by atoms with Crippen LogP contribution in [0.4, 0.5) is 4.79 Å². The predicted octanol–water partition coefficient (Wildman–Crippen LogP) is 6.73. The number of aliphatic hydroxyl groups excluding tert-OH is 1. The van der Waals surface area contributed by atoms with Crippen LogP contribution in [0.3, 0.4) is 0 Å². The molecule has 0 spiro atoms. The summed E-state index contributed by atoms with van der Waals surface area (Å²) >= 11 is 6.17. The third kappa shape index (κ3) is 9.90. The highest BCUT2D eigenvalue weighted by molar-refractivity contribution is 6.30. The number of halogens is 1. The Hall–Kier alpha value is -4.73. The number of benzene rings is 3. The van der Waals surface area contributed by atoms with Crippen molar-refractivity contribution in [2.45, 2.75) is 64.6 Å². The number of nitrogens with zero attached hydrogens (tertiary/aromatic N) is 2. The summed E-state index contributed by atoms with van der Waals surface area (Å²) in [5.41, 5.74) is 4.22. The number of carbonyl (C=O) groups is 3. The Morgan fingerprint density at radius 2 is 1.61 bits per heavy atom. The van der Waals surface area contributed by atoms with Crippen molar-refractivity contribution in [2.75, 3.05) is 13.6 Å². The standard InChI is InChI=1S/C39H45ClN4O5/c1-25-23-29(40)18-19-30(25)36(46)43-34(33(45)20-22-42-37(47)35(39(2,3)4)44(5)38(48)49)31(27-11-7-6-8-12-27)24-26-14-16-28(17-15-26)32-13-9-10-21-41-32/h6-19,21,23,31,33-35,45H,20,22,24H2,1-5H3,(H,42,47)(H,43,46)(H,48,49)/t31?,33-,34-,35+/m0/s1. The molecule has 0 saturated carbocycles. The van der Waals surface area contributed by atoms with Crippen LogP contribution in [0, 0.1) is 12.3 Å². The van der Waals surface area contributed by atoms with E-state index in [1.165, 1.54) is 7.05 Å². The van der Waals surface area contributed by atoms with Gasteiger partial charge in [-0.1, -0.05) is 93.0 Å². The lowest BCUT2D eigenvalue weighted by molar-refractivity contribution is -0.129. The van der Waals surface area contributed by atoms with Gasteiger partial charge in [0, 0.05) is 41.9 Å². The first kappa shape index (κ1) is 37.1. The molecule has 1 aromatic heterocycles. The van der Waals surface area contributed by atoms with Gasteiger partial charge in [0.15, 0.2) is 0 Å². The molecule has 0 aliphatic heterocycles. The molecule has 0 bridgehead atoms. The maximum atomic E-state index is 13.8. The zero-order valence-corrected chi connectivity index (χ0v) is 29.3. The van der Waals surface area contributed by atoms with Gasteiger partial charge in [0.2, 0.25) is 5.91 Å². The third-order valence-electron chi connectivity index (χ3n) is 8.67. The monoisotopic (exact) mass is 684 g/mol. The maximum Gasteiger partial charge on any atom is 0.407 e. The van der Waals surface area contributed by atoms with E-state index in [9.17, 15) is 24.6 Å². The number of pyridine rings is 1. The summed E-state index contributed by atoms with van der Waals surface area (Å²) in [6.07, 6.45) is 0.0540. The van der Waals surface area contributed by atoms with Crippen LogP contribution in [0.15, 0.2) is 97.2 Å². The molecule has 0 aliphatic rings. The maximum absolute atomic E-state index is 13.8. The van der Waals surface area contributed by atoms with Gasteiger partial charge in [0.05, 0.1) is 17.8 Å². The van der Waals surface area contributed by atoms with Crippen LogP contribution in [-0.2, 0) is 11.2 Å². The first-order valence-corrected chi connectivity index (χ1v) is 16.7. The Morgan fingerprint density at radius 1 is 0.939 bits per heavy atom. The first-order valence-electron chi connectivity index (χ1n) is 16.3. The molecule has 4 N–H and O–H groups in total. The SMILES string of the molecule is Cc1cc(Cl)ccc1C(=O)N[C@@H](C(Cc1ccc(-c2ccccn2)cc1)c1ccccc1)[C@@H](O)CCNC(=O)[C@@H](N(C)C(=O)O)C(C)(C)C. The van der Waals surface area contributed by atoms with E-state index in [0.717, 1.165) is 27.3 Å². The molecule has 49 heavy (non-hydrogen) atoms. The summed E-state index contributed by atoms with van der Waals surface area (Å²) < 4.78 is 0. The van der Waals surface area contributed by atoms with Gasteiger partial charge in [0.25, 0.3) is 5.91 Å². The van der Waals surface area contributed by atoms with Crippen LogP contribution < -0.4 is 10.6 Å². The Balaban J connectivity index is 1.64. The van der Waals surface area contributed by atoms with Gasteiger partial charge in [0.1, 0.15) is 6.04 Å². The van der Waals surface area contributed by atoms with Crippen molar-refractivity contribution in [3.8, 4) is 11.3 Å². The Labute approximate surface area is 293 Å².